The second kappa shape index (κ2) is 4.22. The average Bonchev–Trinajstić information content (AvgIpc) is 2.69. The highest BCUT2D eigenvalue weighted by Gasteiger charge is 2.13. The normalized spacial score (nSPS) is 10.6. The van der Waals surface area contributed by atoms with Gasteiger partial charge in [0.05, 0.1) is 12.7 Å². The summed E-state index contributed by atoms with van der Waals surface area (Å²) >= 11 is 0. The van der Waals surface area contributed by atoms with Gasteiger partial charge in [0.25, 0.3) is 0 Å². The van der Waals surface area contributed by atoms with Crippen molar-refractivity contribution in [3.8, 4) is 5.75 Å². The Kier molecular flexibility index (Phi) is 2.76. The molecule has 0 bridgehead atoms. The van der Waals surface area contributed by atoms with E-state index < -0.39 is 4.92 Å². The predicted octanol–water partition coefficient (Wildman–Crippen LogP) is 3.13. The average molecular weight is 221 g/mol. The predicted molar refractivity (Wildman–Crippen MR) is 58.7 cm³/mol. The van der Waals surface area contributed by atoms with Gasteiger partial charge < -0.3 is 9.15 Å². The molecule has 0 fully saturated rings. The number of benzene rings is 1. The van der Waals surface area contributed by atoms with Crippen molar-refractivity contribution in [3.63, 3.8) is 0 Å². The van der Waals surface area contributed by atoms with Crippen molar-refractivity contribution in [2.45, 2.75) is 13.3 Å². The number of nitrogens with zero attached hydrogens (tertiary/aromatic N) is 1. The number of rotatable bonds is 4. The van der Waals surface area contributed by atoms with Crippen molar-refractivity contribution in [1.29, 1.82) is 0 Å². The third-order valence-electron chi connectivity index (χ3n) is 2.13. The number of hydrogen-bond acceptors (Lipinski definition) is 4. The zero-order valence-corrected chi connectivity index (χ0v) is 8.80. The summed E-state index contributed by atoms with van der Waals surface area (Å²) < 4.78 is 10.5. The molecule has 84 valence electrons. The number of furan rings is 1. The Morgan fingerprint density at radius 2 is 2.25 bits per heavy atom. The van der Waals surface area contributed by atoms with E-state index in [2.05, 4.69) is 0 Å². The Labute approximate surface area is 91.8 Å². The van der Waals surface area contributed by atoms with Crippen LogP contribution < -0.4 is 4.74 Å². The lowest BCUT2D eigenvalue weighted by molar-refractivity contribution is -0.401. The second-order valence-corrected chi connectivity index (χ2v) is 3.39. The van der Waals surface area contributed by atoms with Crippen LogP contribution in [-0.4, -0.2) is 11.5 Å². The minimum atomic E-state index is -0.549. The van der Waals surface area contributed by atoms with E-state index in [1.807, 2.05) is 6.92 Å². The van der Waals surface area contributed by atoms with E-state index in [0.29, 0.717) is 23.3 Å². The fourth-order valence-electron chi connectivity index (χ4n) is 1.40. The lowest BCUT2D eigenvalue weighted by Gasteiger charge is -2.02. The van der Waals surface area contributed by atoms with E-state index >= 15 is 0 Å². The number of hydrogen-bond donors (Lipinski definition) is 0. The van der Waals surface area contributed by atoms with E-state index in [0.717, 1.165) is 6.42 Å². The maximum Gasteiger partial charge on any atom is 0.434 e. The Balaban J connectivity index is 2.34. The zero-order valence-electron chi connectivity index (χ0n) is 8.80. The van der Waals surface area contributed by atoms with Crippen LogP contribution in [0, 0.1) is 10.1 Å². The molecule has 1 heterocycles. The third-order valence-corrected chi connectivity index (χ3v) is 2.13. The first-order valence-corrected chi connectivity index (χ1v) is 5.01. The van der Waals surface area contributed by atoms with Crippen LogP contribution in [0.2, 0.25) is 0 Å². The molecule has 0 aliphatic heterocycles. The molecule has 0 radical (unpaired) electrons. The Morgan fingerprint density at radius 1 is 1.44 bits per heavy atom. The van der Waals surface area contributed by atoms with Crippen molar-refractivity contribution in [3.05, 3.63) is 34.4 Å². The number of nitro groups is 1. The zero-order chi connectivity index (χ0) is 11.5. The molecule has 16 heavy (non-hydrogen) atoms. The fourth-order valence-corrected chi connectivity index (χ4v) is 1.40. The van der Waals surface area contributed by atoms with E-state index in [4.69, 9.17) is 9.15 Å². The van der Waals surface area contributed by atoms with Gasteiger partial charge in [0.15, 0.2) is 0 Å². The molecule has 0 N–H and O–H groups in total. The highest BCUT2D eigenvalue weighted by atomic mass is 16.6. The van der Waals surface area contributed by atoms with Crippen LogP contribution in [0.15, 0.2) is 28.7 Å². The summed E-state index contributed by atoms with van der Waals surface area (Å²) in [5.74, 6) is 0.418. The maximum absolute atomic E-state index is 10.5. The van der Waals surface area contributed by atoms with Crippen LogP contribution in [0.25, 0.3) is 11.0 Å². The van der Waals surface area contributed by atoms with Crippen molar-refractivity contribution >= 4 is 16.9 Å². The van der Waals surface area contributed by atoms with E-state index in [-0.39, 0.29) is 5.88 Å². The van der Waals surface area contributed by atoms with Gasteiger partial charge in [-0.15, -0.1) is 0 Å². The molecule has 0 spiro atoms. The molecule has 0 amide bonds. The van der Waals surface area contributed by atoms with Crippen LogP contribution >= 0.6 is 0 Å². The highest BCUT2D eigenvalue weighted by Crippen LogP contribution is 2.27. The van der Waals surface area contributed by atoms with Gasteiger partial charge >= 0.3 is 5.88 Å². The van der Waals surface area contributed by atoms with E-state index in [9.17, 15) is 10.1 Å². The Morgan fingerprint density at radius 3 is 2.94 bits per heavy atom. The summed E-state index contributed by atoms with van der Waals surface area (Å²) in [7, 11) is 0. The summed E-state index contributed by atoms with van der Waals surface area (Å²) in [4.78, 5) is 9.96. The molecular weight excluding hydrogens is 210 g/mol. The van der Waals surface area contributed by atoms with Gasteiger partial charge in [-0.3, -0.25) is 10.1 Å². The lowest BCUT2D eigenvalue weighted by Crippen LogP contribution is -1.93. The van der Waals surface area contributed by atoms with Crippen LogP contribution in [0.1, 0.15) is 13.3 Å². The molecule has 0 aliphatic rings. The van der Waals surface area contributed by atoms with Gasteiger partial charge in [-0.25, -0.2) is 0 Å². The molecule has 0 saturated carbocycles. The third kappa shape index (κ3) is 1.98. The number of ether oxygens (including phenoxy) is 1. The molecule has 0 aliphatic carbocycles. The monoisotopic (exact) mass is 221 g/mol. The van der Waals surface area contributed by atoms with Crippen LogP contribution in [-0.2, 0) is 0 Å². The first kappa shape index (κ1) is 10.5. The minimum Gasteiger partial charge on any atom is -0.493 e. The largest absolute Gasteiger partial charge is 0.493 e. The smallest absolute Gasteiger partial charge is 0.434 e. The number of fused-ring (bicyclic) bond motifs is 1. The van der Waals surface area contributed by atoms with Gasteiger partial charge in [-0.05, 0) is 18.6 Å². The molecular formula is C11H11NO4. The molecule has 2 rings (SSSR count). The summed E-state index contributed by atoms with van der Waals surface area (Å²) in [6, 6.07) is 6.59. The molecule has 0 saturated heterocycles. The molecule has 1 aromatic carbocycles. The summed E-state index contributed by atoms with van der Waals surface area (Å²) in [6.45, 7) is 2.63. The van der Waals surface area contributed by atoms with Crippen molar-refractivity contribution < 1.29 is 14.1 Å². The molecule has 5 nitrogen and oxygen atoms in total. The first-order chi connectivity index (χ1) is 7.70. The summed E-state index contributed by atoms with van der Waals surface area (Å²) in [5, 5.41) is 11.2. The minimum absolute atomic E-state index is 0.248. The second-order valence-electron chi connectivity index (χ2n) is 3.39. The standard InChI is InChI=1S/C11H11NO4/c1-2-5-15-9-4-3-8-6-11(12(13)14)16-10(8)7-9/h3-4,6-7H,2,5H2,1H3. The fraction of sp³-hybridized carbons (Fsp3) is 0.273. The van der Waals surface area contributed by atoms with Crippen molar-refractivity contribution in [1.82, 2.24) is 0 Å². The van der Waals surface area contributed by atoms with Gasteiger partial charge in [0.1, 0.15) is 16.3 Å². The first-order valence-electron chi connectivity index (χ1n) is 5.01. The summed E-state index contributed by atoms with van der Waals surface area (Å²) in [6.07, 6.45) is 0.913. The molecule has 0 atom stereocenters. The van der Waals surface area contributed by atoms with Crippen LogP contribution in [0.4, 0.5) is 5.88 Å². The van der Waals surface area contributed by atoms with Gasteiger partial charge in [-0.1, -0.05) is 6.92 Å². The van der Waals surface area contributed by atoms with E-state index in [1.165, 1.54) is 6.07 Å². The van der Waals surface area contributed by atoms with E-state index in [1.54, 1.807) is 18.2 Å². The van der Waals surface area contributed by atoms with Gasteiger partial charge in [0.2, 0.25) is 0 Å². The van der Waals surface area contributed by atoms with Crippen LogP contribution in [0.5, 0.6) is 5.75 Å². The Hall–Kier alpha value is -2.04. The highest BCUT2D eigenvalue weighted by molar-refractivity contribution is 5.80. The SMILES string of the molecule is CCCOc1ccc2cc([N+](=O)[O-])oc2c1. The maximum atomic E-state index is 10.5. The van der Waals surface area contributed by atoms with Crippen LogP contribution in [0.3, 0.4) is 0 Å². The quantitative estimate of drug-likeness (QED) is 0.587. The lowest BCUT2D eigenvalue weighted by atomic mass is 10.2. The summed E-state index contributed by atoms with van der Waals surface area (Å²) in [5.41, 5.74) is 0.473. The topological polar surface area (TPSA) is 65.5 Å². The Bertz CT molecular complexity index is 518. The van der Waals surface area contributed by atoms with Crippen molar-refractivity contribution in [2.75, 3.05) is 6.61 Å². The molecule has 5 heteroatoms. The molecule has 2 aromatic rings. The molecule has 1 aromatic heterocycles. The van der Waals surface area contributed by atoms with Gasteiger partial charge in [-0.2, -0.15) is 0 Å². The van der Waals surface area contributed by atoms with Crippen molar-refractivity contribution in [2.24, 2.45) is 0 Å². The van der Waals surface area contributed by atoms with Gasteiger partial charge in [0, 0.05) is 11.5 Å². The molecule has 0 unspecified atom stereocenters.